The van der Waals surface area contributed by atoms with Gasteiger partial charge in [0.2, 0.25) is 0 Å². The van der Waals surface area contributed by atoms with Crippen LogP contribution in [0.25, 0.3) is 0 Å². The highest BCUT2D eigenvalue weighted by Crippen LogP contribution is 2.31. The van der Waals surface area contributed by atoms with Crippen LogP contribution in [0.4, 0.5) is 0 Å². The fourth-order valence-electron chi connectivity index (χ4n) is 2.88. The zero-order valence-electron chi connectivity index (χ0n) is 16.8. The van der Waals surface area contributed by atoms with Gasteiger partial charge in [0.05, 0.1) is 12.0 Å². The number of rotatable bonds is 8. The molecule has 7 nitrogen and oxygen atoms in total. The Morgan fingerprint density at radius 3 is 2.23 bits per heavy atom. The van der Waals surface area contributed by atoms with E-state index >= 15 is 0 Å². The van der Waals surface area contributed by atoms with E-state index in [2.05, 4.69) is 10.6 Å². The number of ether oxygens (including phenoxy) is 1. The molecule has 0 aliphatic rings. The number of hydrogen-bond donors (Lipinski definition) is 2. The third-order valence-electron chi connectivity index (χ3n) is 4.57. The highest BCUT2D eigenvalue weighted by Gasteiger charge is 2.31. The van der Waals surface area contributed by atoms with Gasteiger partial charge in [-0.15, -0.1) is 11.3 Å². The molecule has 0 fully saturated rings. The van der Waals surface area contributed by atoms with Crippen LogP contribution < -0.4 is 15.4 Å². The van der Waals surface area contributed by atoms with Crippen molar-refractivity contribution >= 4 is 33.0 Å². The van der Waals surface area contributed by atoms with E-state index in [1.165, 1.54) is 23.5 Å². The second-order valence-electron chi connectivity index (χ2n) is 6.60. The van der Waals surface area contributed by atoms with Crippen LogP contribution in [0, 0.1) is 0 Å². The molecule has 2 aromatic carbocycles. The van der Waals surface area contributed by atoms with Crippen LogP contribution in [0.5, 0.6) is 5.75 Å². The van der Waals surface area contributed by atoms with E-state index in [4.69, 9.17) is 4.74 Å². The molecule has 2 N–H and O–H groups in total. The van der Waals surface area contributed by atoms with Gasteiger partial charge in [-0.1, -0.05) is 36.4 Å². The highest BCUT2D eigenvalue weighted by atomic mass is 32.2. The van der Waals surface area contributed by atoms with Crippen molar-refractivity contribution in [3.8, 4) is 5.75 Å². The van der Waals surface area contributed by atoms with Crippen LogP contribution in [0.3, 0.4) is 0 Å². The van der Waals surface area contributed by atoms with E-state index in [1.807, 2.05) is 0 Å². The zero-order chi connectivity index (χ0) is 22.3. The Labute approximate surface area is 185 Å². The van der Waals surface area contributed by atoms with Crippen molar-refractivity contribution in [2.45, 2.75) is 16.7 Å². The monoisotopic (exact) mass is 458 g/mol. The third kappa shape index (κ3) is 5.71. The van der Waals surface area contributed by atoms with E-state index in [0.29, 0.717) is 10.6 Å². The molecule has 162 valence electrons. The summed E-state index contributed by atoms with van der Waals surface area (Å²) in [6, 6.07) is 18.5. The average Bonchev–Trinajstić information content (AvgIpc) is 3.32. The molecule has 1 unspecified atom stereocenters. The number of carbonyl (C=O) groups excluding carboxylic acids is 2. The average molecular weight is 459 g/mol. The van der Waals surface area contributed by atoms with E-state index in [9.17, 15) is 18.0 Å². The van der Waals surface area contributed by atoms with Gasteiger partial charge in [0.15, 0.2) is 9.84 Å². The third-order valence-corrected chi connectivity index (χ3v) is 7.81. The maximum Gasteiger partial charge on any atom is 0.309 e. The first-order chi connectivity index (χ1) is 14.9. The quantitative estimate of drug-likeness (QED) is 0.506. The second kappa shape index (κ2) is 10.2. The Morgan fingerprint density at radius 2 is 1.61 bits per heavy atom. The summed E-state index contributed by atoms with van der Waals surface area (Å²) >= 11 is 1.28. The number of carbonyl (C=O) groups is 2. The Balaban J connectivity index is 1.64. The number of benzene rings is 2. The summed E-state index contributed by atoms with van der Waals surface area (Å²) in [5.74, 6) is -1.04. The number of amides is 2. The van der Waals surface area contributed by atoms with Crippen LogP contribution in [0.15, 0.2) is 77.0 Å². The van der Waals surface area contributed by atoms with E-state index in [-0.39, 0.29) is 18.0 Å². The van der Waals surface area contributed by atoms with Gasteiger partial charge in [0, 0.05) is 18.0 Å². The molecule has 0 radical (unpaired) electrons. The molecule has 3 aromatic rings. The summed E-state index contributed by atoms with van der Waals surface area (Å²) in [5.41, 5.74) is 0.796. The minimum absolute atomic E-state index is 0.159. The van der Waals surface area contributed by atoms with Gasteiger partial charge >= 0.3 is 11.8 Å². The lowest BCUT2D eigenvalue weighted by Crippen LogP contribution is -2.42. The summed E-state index contributed by atoms with van der Waals surface area (Å²) in [7, 11) is -2.20. The number of hydrogen-bond acceptors (Lipinski definition) is 6. The summed E-state index contributed by atoms with van der Waals surface area (Å²) in [6.45, 7) is -0.0561. The van der Waals surface area contributed by atoms with Gasteiger partial charge in [-0.3, -0.25) is 9.59 Å². The van der Waals surface area contributed by atoms with Gasteiger partial charge < -0.3 is 15.4 Å². The van der Waals surface area contributed by atoms with Crippen molar-refractivity contribution in [3.05, 3.63) is 82.6 Å². The topological polar surface area (TPSA) is 102 Å². The summed E-state index contributed by atoms with van der Waals surface area (Å²) in [5, 5.41) is 5.76. The van der Waals surface area contributed by atoms with Crippen molar-refractivity contribution in [3.63, 3.8) is 0 Å². The SMILES string of the molecule is COc1ccc(CNC(=O)C(=O)NCC(c2cccs2)S(=O)(=O)c2ccccc2)cc1. The molecule has 0 aliphatic heterocycles. The van der Waals surface area contributed by atoms with Crippen LogP contribution >= 0.6 is 11.3 Å². The molecule has 0 aliphatic carbocycles. The van der Waals surface area contributed by atoms with E-state index in [0.717, 1.165) is 5.56 Å². The lowest BCUT2D eigenvalue weighted by molar-refractivity contribution is -0.139. The molecule has 1 heterocycles. The van der Waals surface area contributed by atoms with Crippen LogP contribution in [-0.2, 0) is 26.0 Å². The molecular formula is C22H22N2O5S2. The van der Waals surface area contributed by atoms with Gasteiger partial charge in [0.1, 0.15) is 11.0 Å². The number of thiophene rings is 1. The molecule has 0 saturated heterocycles. The molecular weight excluding hydrogens is 436 g/mol. The van der Waals surface area contributed by atoms with Crippen molar-refractivity contribution in [1.82, 2.24) is 10.6 Å². The highest BCUT2D eigenvalue weighted by molar-refractivity contribution is 7.91. The van der Waals surface area contributed by atoms with Crippen LogP contribution in [-0.4, -0.2) is 33.9 Å². The van der Waals surface area contributed by atoms with E-state index < -0.39 is 26.9 Å². The smallest absolute Gasteiger partial charge is 0.309 e. The summed E-state index contributed by atoms with van der Waals surface area (Å²) in [6.07, 6.45) is 0. The molecule has 0 bridgehead atoms. The predicted octanol–water partition coefficient (Wildman–Crippen LogP) is 2.70. The van der Waals surface area contributed by atoms with E-state index in [1.54, 1.807) is 67.1 Å². The van der Waals surface area contributed by atoms with Crippen molar-refractivity contribution in [2.75, 3.05) is 13.7 Å². The number of sulfone groups is 1. The first-order valence-corrected chi connectivity index (χ1v) is 11.9. The van der Waals surface area contributed by atoms with Gasteiger partial charge in [-0.05, 0) is 41.3 Å². The van der Waals surface area contributed by atoms with Crippen molar-refractivity contribution < 1.29 is 22.7 Å². The summed E-state index contributed by atoms with van der Waals surface area (Å²) < 4.78 is 31.3. The molecule has 0 saturated carbocycles. The maximum absolute atomic E-state index is 13.1. The molecule has 1 aromatic heterocycles. The molecule has 1 atom stereocenters. The first-order valence-electron chi connectivity index (χ1n) is 9.43. The maximum atomic E-state index is 13.1. The second-order valence-corrected chi connectivity index (χ2v) is 9.71. The summed E-state index contributed by atoms with van der Waals surface area (Å²) in [4.78, 5) is 25.2. The van der Waals surface area contributed by atoms with Crippen molar-refractivity contribution in [1.29, 1.82) is 0 Å². The normalized spacial score (nSPS) is 12.0. The molecule has 0 spiro atoms. The molecule has 31 heavy (non-hydrogen) atoms. The van der Waals surface area contributed by atoms with Gasteiger partial charge in [-0.25, -0.2) is 8.42 Å². The first kappa shape index (κ1) is 22.5. The van der Waals surface area contributed by atoms with Crippen molar-refractivity contribution in [2.24, 2.45) is 0 Å². The van der Waals surface area contributed by atoms with Crippen LogP contribution in [0.2, 0.25) is 0 Å². The number of nitrogens with one attached hydrogen (secondary N) is 2. The van der Waals surface area contributed by atoms with Gasteiger partial charge in [0.25, 0.3) is 0 Å². The molecule has 3 rings (SSSR count). The largest absolute Gasteiger partial charge is 0.497 e. The minimum atomic E-state index is -3.76. The molecule has 2 amide bonds. The Kier molecular flexibility index (Phi) is 7.43. The Bertz CT molecular complexity index is 1110. The Hall–Kier alpha value is -3.17. The fraction of sp³-hybridized carbons (Fsp3) is 0.182. The lowest BCUT2D eigenvalue weighted by atomic mass is 10.2. The molecule has 9 heteroatoms. The Morgan fingerprint density at radius 1 is 0.935 bits per heavy atom. The lowest BCUT2D eigenvalue weighted by Gasteiger charge is -2.17. The predicted molar refractivity (Wildman–Crippen MR) is 119 cm³/mol. The standard InChI is InChI=1S/C22H22N2O5S2/c1-29-17-11-9-16(10-12-17)14-23-21(25)22(26)24-15-20(19-8-5-13-30-19)31(27,28)18-6-3-2-4-7-18/h2-13,20H,14-15H2,1H3,(H,23,25)(H,24,26). The zero-order valence-corrected chi connectivity index (χ0v) is 18.4. The van der Waals surface area contributed by atoms with Gasteiger partial charge in [-0.2, -0.15) is 0 Å². The van der Waals surface area contributed by atoms with Crippen LogP contribution in [0.1, 0.15) is 15.7 Å². The minimum Gasteiger partial charge on any atom is -0.497 e. The number of methoxy groups -OCH3 is 1. The fourth-order valence-corrected chi connectivity index (χ4v) is 5.69.